The van der Waals surface area contributed by atoms with E-state index in [1.165, 1.54) is 25.3 Å². The van der Waals surface area contributed by atoms with Gasteiger partial charge >= 0.3 is 5.97 Å². The number of methoxy groups -OCH3 is 1. The Bertz CT molecular complexity index is 442. The van der Waals surface area contributed by atoms with Gasteiger partial charge in [0.15, 0.2) is 0 Å². The van der Waals surface area contributed by atoms with E-state index in [0.717, 1.165) is 0 Å². The second kappa shape index (κ2) is 5.33. The van der Waals surface area contributed by atoms with Crippen LogP contribution in [0.3, 0.4) is 0 Å². The van der Waals surface area contributed by atoms with Gasteiger partial charge in [0, 0.05) is 11.0 Å². The highest BCUT2D eigenvalue weighted by molar-refractivity contribution is 5.69. The Morgan fingerprint density at radius 1 is 1.44 bits per heavy atom. The van der Waals surface area contributed by atoms with Crippen LogP contribution in [0.25, 0.3) is 0 Å². The molecule has 0 aliphatic heterocycles. The van der Waals surface area contributed by atoms with Crippen LogP contribution in [0.2, 0.25) is 0 Å². The van der Waals surface area contributed by atoms with Crippen LogP contribution in [0.4, 0.5) is 8.78 Å². The average Bonchev–Trinajstić information content (AvgIpc) is 2.26. The number of carboxylic acids is 1. The van der Waals surface area contributed by atoms with E-state index in [9.17, 15) is 13.6 Å². The molecule has 0 bridgehead atoms. The Balaban J connectivity index is 3.30. The third-order valence-electron chi connectivity index (χ3n) is 2.82. The van der Waals surface area contributed by atoms with E-state index in [0.29, 0.717) is 11.3 Å². The molecular formula is C13H16F2O3. The van der Waals surface area contributed by atoms with Crippen LogP contribution in [0.15, 0.2) is 18.2 Å². The van der Waals surface area contributed by atoms with E-state index in [-0.39, 0.29) is 12.0 Å². The molecule has 0 unspecified atom stereocenters. The third-order valence-corrected chi connectivity index (χ3v) is 2.82. The van der Waals surface area contributed by atoms with Gasteiger partial charge in [-0.05, 0) is 23.8 Å². The molecule has 1 aromatic rings. The molecule has 0 fully saturated rings. The molecule has 0 aliphatic rings. The molecule has 5 heteroatoms. The van der Waals surface area contributed by atoms with Crippen LogP contribution in [0, 0.1) is 0 Å². The SMILES string of the molecule is COc1ccc(C(F)F)c(C(C)(C)CC(=O)O)c1. The fourth-order valence-corrected chi connectivity index (χ4v) is 1.91. The van der Waals surface area contributed by atoms with E-state index in [1.54, 1.807) is 13.8 Å². The number of carboxylic acid groups (broad SMARTS) is 1. The highest BCUT2D eigenvalue weighted by Crippen LogP contribution is 2.36. The molecule has 3 nitrogen and oxygen atoms in total. The van der Waals surface area contributed by atoms with Gasteiger partial charge in [0.25, 0.3) is 6.43 Å². The molecule has 100 valence electrons. The van der Waals surface area contributed by atoms with Gasteiger partial charge < -0.3 is 9.84 Å². The normalized spacial score (nSPS) is 11.7. The number of carbonyl (C=O) groups is 1. The zero-order valence-corrected chi connectivity index (χ0v) is 10.5. The van der Waals surface area contributed by atoms with Gasteiger partial charge in [-0.2, -0.15) is 0 Å². The van der Waals surface area contributed by atoms with E-state index in [1.807, 2.05) is 0 Å². The van der Waals surface area contributed by atoms with Gasteiger partial charge in [-0.1, -0.05) is 13.8 Å². The smallest absolute Gasteiger partial charge is 0.304 e. The standard InChI is InChI=1S/C13H16F2O3/c1-13(2,7-11(16)17)10-6-8(18-3)4-5-9(10)12(14)15/h4-6,12H,7H2,1-3H3,(H,16,17). The summed E-state index contributed by atoms with van der Waals surface area (Å²) >= 11 is 0. The Morgan fingerprint density at radius 3 is 2.50 bits per heavy atom. The Morgan fingerprint density at radius 2 is 2.06 bits per heavy atom. The summed E-state index contributed by atoms with van der Waals surface area (Å²) in [5.41, 5.74) is -0.729. The van der Waals surface area contributed by atoms with Crippen LogP contribution in [-0.4, -0.2) is 18.2 Å². The van der Waals surface area contributed by atoms with Gasteiger partial charge in [-0.3, -0.25) is 4.79 Å². The van der Waals surface area contributed by atoms with Crippen LogP contribution < -0.4 is 4.74 Å². The number of rotatable bonds is 5. The molecule has 0 amide bonds. The molecule has 0 spiro atoms. The summed E-state index contributed by atoms with van der Waals surface area (Å²) in [4.78, 5) is 10.8. The average molecular weight is 258 g/mol. The lowest BCUT2D eigenvalue weighted by atomic mass is 9.79. The van der Waals surface area contributed by atoms with Crippen molar-refractivity contribution in [2.75, 3.05) is 7.11 Å². The lowest BCUT2D eigenvalue weighted by Crippen LogP contribution is -2.23. The first-order valence-corrected chi connectivity index (χ1v) is 5.46. The fourth-order valence-electron chi connectivity index (χ4n) is 1.91. The summed E-state index contributed by atoms with van der Waals surface area (Å²) in [6.07, 6.45) is -2.86. The zero-order chi connectivity index (χ0) is 13.9. The predicted octanol–water partition coefficient (Wildman–Crippen LogP) is 3.39. The van der Waals surface area contributed by atoms with Crippen molar-refractivity contribution in [3.05, 3.63) is 29.3 Å². The maximum Gasteiger partial charge on any atom is 0.304 e. The molecule has 0 aliphatic carbocycles. The van der Waals surface area contributed by atoms with Crippen LogP contribution >= 0.6 is 0 Å². The molecule has 0 radical (unpaired) electrons. The minimum Gasteiger partial charge on any atom is -0.497 e. The summed E-state index contributed by atoms with van der Waals surface area (Å²) in [6, 6.07) is 4.20. The highest BCUT2D eigenvalue weighted by atomic mass is 19.3. The molecule has 0 aromatic heterocycles. The number of halogens is 2. The molecule has 0 atom stereocenters. The van der Waals surface area contributed by atoms with Crippen LogP contribution in [0.1, 0.15) is 37.8 Å². The van der Waals surface area contributed by atoms with E-state index in [4.69, 9.17) is 9.84 Å². The van der Waals surface area contributed by atoms with Gasteiger partial charge in [-0.15, -0.1) is 0 Å². The molecule has 0 heterocycles. The molecule has 1 N–H and O–H groups in total. The second-order valence-electron chi connectivity index (χ2n) is 4.71. The molecular weight excluding hydrogens is 242 g/mol. The van der Waals surface area contributed by atoms with Crippen molar-refractivity contribution in [2.45, 2.75) is 32.1 Å². The zero-order valence-electron chi connectivity index (χ0n) is 10.5. The van der Waals surface area contributed by atoms with Gasteiger partial charge in [0.1, 0.15) is 5.75 Å². The Labute approximate surface area is 104 Å². The topological polar surface area (TPSA) is 46.5 Å². The van der Waals surface area contributed by atoms with Gasteiger partial charge in [0.05, 0.1) is 13.5 Å². The highest BCUT2D eigenvalue weighted by Gasteiger charge is 2.29. The van der Waals surface area contributed by atoms with Crippen molar-refractivity contribution in [3.63, 3.8) is 0 Å². The number of hydrogen-bond acceptors (Lipinski definition) is 2. The lowest BCUT2D eigenvalue weighted by molar-refractivity contribution is -0.138. The van der Waals surface area contributed by atoms with Crippen molar-refractivity contribution >= 4 is 5.97 Å². The van der Waals surface area contributed by atoms with E-state index < -0.39 is 17.8 Å². The summed E-state index contributed by atoms with van der Waals surface area (Å²) in [6.45, 7) is 3.25. The largest absolute Gasteiger partial charge is 0.497 e. The first kappa shape index (κ1) is 14.4. The molecule has 18 heavy (non-hydrogen) atoms. The molecule has 1 aromatic carbocycles. The Hall–Kier alpha value is -1.65. The van der Waals surface area contributed by atoms with E-state index in [2.05, 4.69) is 0 Å². The Kier molecular flexibility index (Phi) is 4.27. The minimum absolute atomic E-state index is 0.151. The lowest BCUT2D eigenvalue weighted by Gasteiger charge is -2.26. The van der Waals surface area contributed by atoms with Gasteiger partial charge in [-0.25, -0.2) is 8.78 Å². The summed E-state index contributed by atoms with van der Waals surface area (Å²) < 4.78 is 30.9. The minimum atomic E-state index is -2.64. The number of benzene rings is 1. The summed E-state index contributed by atoms with van der Waals surface area (Å²) in [7, 11) is 1.44. The maximum absolute atomic E-state index is 12.9. The van der Waals surface area contributed by atoms with Crippen molar-refractivity contribution in [2.24, 2.45) is 0 Å². The van der Waals surface area contributed by atoms with E-state index >= 15 is 0 Å². The van der Waals surface area contributed by atoms with Gasteiger partial charge in [0.2, 0.25) is 0 Å². The summed E-state index contributed by atoms with van der Waals surface area (Å²) in [5, 5.41) is 8.85. The molecule has 0 saturated carbocycles. The van der Waals surface area contributed by atoms with Crippen molar-refractivity contribution < 1.29 is 23.4 Å². The number of alkyl halides is 2. The monoisotopic (exact) mass is 258 g/mol. The van der Waals surface area contributed by atoms with Crippen molar-refractivity contribution in [1.29, 1.82) is 0 Å². The molecule has 1 rings (SSSR count). The number of hydrogen-bond donors (Lipinski definition) is 1. The number of ether oxygens (including phenoxy) is 1. The first-order chi connectivity index (χ1) is 8.27. The van der Waals surface area contributed by atoms with Crippen LogP contribution in [0.5, 0.6) is 5.75 Å². The second-order valence-corrected chi connectivity index (χ2v) is 4.71. The number of aliphatic carboxylic acids is 1. The molecule has 0 saturated heterocycles. The maximum atomic E-state index is 12.9. The van der Waals surface area contributed by atoms with Crippen molar-refractivity contribution in [3.8, 4) is 5.75 Å². The van der Waals surface area contributed by atoms with Crippen LogP contribution in [-0.2, 0) is 10.2 Å². The fraction of sp³-hybridized carbons (Fsp3) is 0.462. The van der Waals surface area contributed by atoms with Crippen molar-refractivity contribution in [1.82, 2.24) is 0 Å². The predicted molar refractivity (Wildman–Crippen MR) is 63.2 cm³/mol. The first-order valence-electron chi connectivity index (χ1n) is 5.46. The quantitative estimate of drug-likeness (QED) is 0.880. The third kappa shape index (κ3) is 3.18. The summed E-state index contributed by atoms with van der Waals surface area (Å²) in [5.74, 6) is -0.587.